The van der Waals surface area contributed by atoms with E-state index in [1.54, 1.807) is 0 Å². The maximum absolute atomic E-state index is 5.88. The third kappa shape index (κ3) is 1.82. The fourth-order valence-corrected chi connectivity index (χ4v) is 2.40. The van der Waals surface area contributed by atoms with E-state index in [2.05, 4.69) is 45.1 Å². The molecule has 1 aliphatic heterocycles. The zero-order valence-corrected chi connectivity index (χ0v) is 10.6. The maximum Gasteiger partial charge on any atom is 0.127 e. The molecule has 1 heterocycles. The molecule has 1 aliphatic rings. The normalized spacial score (nSPS) is 23.8. The molecule has 0 aromatic heterocycles. The quantitative estimate of drug-likeness (QED) is 0.825. The molecule has 2 rings (SSSR count). The summed E-state index contributed by atoms with van der Waals surface area (Å²) in [5.41, 5.74) is 3.92. The monoisotopic (exact) mass is 219 g/mol. The summed E-state index contributed by atoms with van der Waals surface area (Å²) < 4.78 is 5.88. The van der Waals surface area contributed by atoms with Gasteiger partial charge in [0.25, 0.3) is 0 Å². The number of hydrogen-bond donors (Lipinski definition) is 1. The molecular formula is C14H21NO. The first-order valence-corrected chi connectivity index (χ1v) is 6.11. The van der Waals surface area contributed by atoms with E-state index in [1.807, 2.05) is 0 Å². The third-order valence-electron chi connectivity index (χ3n) is 3.53. The fraction of sp³-hybridized carbons (Fsp3) is 0.571. The average Bonchev–Trinajstić information content (AvgIpc) is 2.27. The van der Waals surface area contributed by atoms with Gasteiger partial charge in [0.1, 0.15) is 5.75 Å². The van der Waals surface area contributed by atoms with Crippen LogP contribution in [0.25, 0.3) is 0 Å². The van der Waals surface area contributed by atoms with Crippen LogP contribution in [0.1, 0.15) is 36.6 Å². The maximum atomic E-state index is 5.88. The molecule has 0 bridgehead atoms. The summed E-state index contributed by atoms with van der Waals surface area (Å²) in [6.07, 6.45) is 0. The summed E-state index contributed by atoms with van der Waals surface area (Å²) in [4.78, 5) is 0. The molecule has 2 unspecified atom stereocenters. The standard InChI is InChI=1S/C14H21NO/c1-5-15-13-10(3)8-16-14-11(4)9(2)6-7-12(13)14/h6-7,10,13,15H,5,8H2,1-4H3. The van der Waals surface area contributed by atoms with E-state index in [4.69, 9.17) is 4.74 Å². The Hall–Kier alpha value is -1.02. The van der Waals surface area contributed by atoms with Crippen LogP contribution in [-0.2, 0) is 0 Å². The number of aryl methyl sites for hydroxylation is 1. The molecule has 0 spiro atoms. The molecule has 2 atom stereocenters. The van der Waals surface area contributed by atoms with Crippen molar-refractivity contribution in [1.29, 1.82) is 0 Å². The zero-order chi connectivity index (χ0) is 11.7. The highest BCUT2D eigenvalue weighted by atomic mass is 16.5. The number of hydrogen-bond acceptors (Lipinski definition) is 2. The number of fused-ring (bicyclic) bond motifs is 1. The first kappa shape index (κ1) is 11.5. The Morgan fingerprint density at radius 1 is 1.38 bits per heavy atom. The lowest BCUT2D eigenvalue weighted by atomic mass is 9.89. The highest BCUT2D eigenvalue weighted by molar-refractivity contribution is 5.48. The van der Waals surface area contributed by atoms with Crippen LogP contribution < -0.4 is 10.1 Å². The topological polar surface area (TPSA) is 21.3 Å². The Labute approximate surface area is 98.0 Å². The van der Waals surface area contributed by atoms with Gasteiger partial charge in [-0.2, -0.15) is 0 Å². The summed E-state index contributed by atoms with van der Waals surface area (Å²) in [6.45, 7) is 10.5. The predicted octanol–water partition coefficient (Wildman–Crippen LogP) is 2.98. The first-order chi connectivity index (χ1) is 7.65. The van der Waals surface area contributed by atoms with Crippen LogP contribution in [0.2, 0.25) is 0 Å². The smallest absolute Gasteiger partial charge is 0.127 e. The van der Waals surface area contributed by atoms with Gasteiger partial charge in [-0.25, -0.2) is 0 Å². The Bertz CT molecular complexity index is 387. The summed E-state index contributed by atoms with van der Waals surface area (Å²) in [5, 5.41) is 3.56. The van der Waals surface area contributed by atoms with Crippen LogP contribution in [0.4, 0.5) is 0 Å². The Balaban J connectivity index is 2.44. The molecule has 1 N–H and O–H groups in total. The largest absolute Gasteiger partial charge is 0.493 e. The first-order valence-electron chi connectivity index (χ1n) is 6.11. The van der Waals surface area contributed by atoms with E-state index in [-0.39, 0.29) is 0 Å². The van der Waals surface area contributed by atoms with Crippen LogP contribution in [0, 0.1) is 19.8 Å². The lowest BCUT2D eigenvalue weighted by Crippen LogP contribution is -2.34. The van der Waals surface area contributed by atoms with Gasteiger partial charge < -0.3 is 10.1 Å². The number of rotatable bonds is 2. The molecule has 0 fully saturated rings. The van der Waals surface area contributed by atoms with E-state index >= 15 is 0 Å². The molecule has 16 heavy (non-hydrogen) atoms. The number of benzene rings is 1. The highest BCUT2D eigenvalue weighted by Crippen LogP contribution is 2.38. The van der Waals surface area contributed by atoms with E-state index in [1.165, 1.54) is 16.7 Å². The molecule has 0 saturated carbocycles. The summed E-state index contributed by atoms with van der Waals surface area (Å²) in [7, 11) is 0. The Morgan fingerprint density at radius 2 is 2.12 bits per heavy atom. The minimum absolute atomic E-state index is 0.438. The van der Waals surface area contributed by atoms with Gasteiger partial charge in [0.15, 0.2) is 0 Å². The molecule has 0 saturated heterocycles. The van der Waals surface area contributed by atoms with Crippen molar-refractivity contribution in [3.05, 3.63) is 28.8 Å². The lowest BCUT2D eigenvalue weighted by molar-refractivity contribution is 0.188. The number of nitrogens with one attached hydrogen (secondary N) is 1. The van der Waals surface area contributed by atoms with Gasteiger partial charge in [-0.05, 0) is 31.5 Å². The molecule has 0 radical (unpaired) electrons. The minimum Gasteiger partial charge on any atom is -0.493 e. The van der Waals surface area contributed by atoms with E-state index in [0.717, 1.165) is 18.9 Å². The summed E-state index contributed by atoms with van der Waals surface area (Å²) in [5.74, 6) is 1.64. The van der Waals surface area contributed by atoms with Crippen molar-refractivity contribution in [2.45, 2.75) is 33.7 Å². The molecule has 2 nitrogen and oxygen atoms in total. The Morgan fingerprint density at radius 3 is 2.81 bits per heavy atom. The molecule has 0 amide bonds. The van der Waals surface area contributed by atoms with E-state index in [0.29, 0.717) is 12.0 Å². The second kappa shape index (κ2) is 4.46. The molecule has 0 aliphatic carbocycles. The second-order valence-electron chi connectivity index (χ2n) is 4.75. The fourth-order valence-electron chi connectivity index (χ4n) is 2.40. The van der Waals surface area contributed by atoms with Gasteiger partial charge in [0.2, 0.25) is 0 Å². The van der Waals surface area contributed by atoms with Crippen LogP contribution in [0.5, 0.6) is 5.75 Å². The predicted molar refractivity (Wildman–Crippen MR) is 67.0 cm³/mol. The average molecular weight is 219 g/mol. The van der Waals surface area contributed by atoms with Crippen molar-refractivity contribution in [2.75, 3.05) is 13.2 Å². The molecular weight excluding hydrogens is 198 g/mol. The van der Waals surface area contributed by atoms with Crippen LogP contribution in [-0.4, -0.2) is 13.2 Å². The van der Waals surface area contributed by atoms with Gasteiger partial charge in [-0.15, -0.1) is 0 Å². The SMILES string of the molecule is CCNC1c2ccc(C)c(C)c2OCC1C. The van der Waals surface area contributed by atoms with Gasteiger partial charge >= 0.3 is 0 Å². The van der Waals surface area contributed by atoms with E-state index < -0.39 is 0 Å². The molecule has 2 heteroatoms. The van der Waals surface area contributed by atoms with E-state index in [9.17, 15) is 0 Å². The molecule has 88 valence electrons. The summed E-state index contributed by atoms with van der Waals surface area (Å²) >= 11 is 0. The Kier molecular flexibility index (Phi) is 3.20. The molecule has 1 aromatic carbocycles. The van der Waals surface area contributed by atoms with Gasteiger partial charge in [0, 0.05) is 17.5 Å². The highest BCUT2D eigenvalue weighted by Gasteiger charge is 2.28. The van der Waals surface area contributed by atoms with Gasteiger partial charge in [-0.1, -0.05) is 26.0 Å². The van der Waals surface area contributed by atoms with Crippen molar-refractivity contribution in [3.8, 4) is 5.75 Å². The summed E-state index contributed by atoms with van der Waals surface area (Å²) in [6, 6.07) is 4.84. The van der Waals surface area contributed by atoms with Crippen LogP contribution >= 0.6 is 0 Å². The number of ether oxygens (including phenoxy) is 1. The van der Waals surface area contributed by atoms with Crippen molar-refractivity contribution in [3.63, 3.8) is 0 Å². The zero-order valence-electron chi connectivity index (χ0n) is 10.6. The van der Waals surface area contributed by atoms with Crippen LogP contribution in [0.15, 0.2) is 12.1 Å². The van der Waals surface area contributed by atoms with Crippen LogP contribution in [0.3, 0.4) is 0 Å². The van der Waals surface area contributed by atoms with Gasteiger partial charge in [0.05, 0.1) is 6.61 Å². The van der Waals surface area contributed by atoms with Gasteiger partial charge in [-0.3, -0.25) is 0 Å². The van der Waals surface area contributed by atoms with Crippen molar-refractivity contribution >= 4 is 0 Å². The van der Waals surface area contributed by atoms with Crippen molar-refractivity contribution in [1.82, 2.24) is 5.32 Å². The third-order valence-corrected chi connectivity index (χ3v) is 3.53. The molecule has 1 aromatic rings. The minimum atomic E-state index is 0.438. The second-order valence-corrected chi connectivity index (χ2v) is 4.75. The lowest BCUT2D eigenvalue weighted by Gasteiger charge is -2.33. The van der Waals surface area contributed by atoms with Crippen molar-refractivity contribution < 1.29 is 4.74 Å². The van der Waals surface area contributed by atoms with Crippen molar-refractivity contribution in [2.24, 2.45) is 5.92 Å².